The molecule has 34 heavy (non-hydrogen) atoms. The largest absolute Gasteiger partial charge is 0.497 e. The zero-order valence-electron chi connectivity index (χ0n) is 18.8. The van der Waals surface area contributed by atoms with Crippen molar-refractivity contribution in [3.05, 3.63) is 60.4 Å². The molecule has 10 heteroatoms. The van der Waals surface area contributed by atoms with Crippen molar-refractivity contribution in [1.82, 2.24) is 5.16 Å². The number of nitrogens with one attached hydrogen (secondary N) is 2. The summed E-state index contributed by atoms with van der Waals surface area (Å²) in [6.07, 6.45) is 0.426. The van der Waals surface area contributed by atoms with E-state index in [1.165, 1.54) is 0 Å². The molecule has 0 unspecified atom stereocenters. The number of aryl methyl sites for hydroxylation is 1. The second-order valence-electron chi connectivity index (χ2n) is 7.24. The summed E-state index contributed by atoms with van der Waals surface area (Å²) in [6.45, 7) is 1.24. The van der Waals surface area contributed by atoms with Gasteiger partial charge in [0.1, 0.15) is 23.0 Å². The SMILES string of the molecule is COc1ccc(Oc2ccc(NC(=O)CCCC(=O)OCC(=O)Nc3cc(C)on3)cc2)cc1. The van der Waals surface area contributed by atoms with Crippen molar-refractivity contribution in [2.75, 3.05) is 24.4 Å². The Morgan fingerprint density at radius 1 is 0.882 bits per heavy atom. The van der Waals surface area contributed by atoms with Gasteiger partial charge in [-0.15, -0.1) is 0 Å². The van der Waals surface area contributed by atoms with Gasteiger partial charge in [0.2, 0.25) is 5.91 Å². The molecule has 0 aliphatic rings. The van der Waals surface area contributed by atoms with Gasteiger partial charge in [-0.3, -0.25) is 14.4 Å². The maximum atomic E-state index is 12.1. The molecule has 0 saturated carbocycles. The van der Waals surface area contributed by atoms with E-state index in [1.807, 2.05) is 0 Å². The first-order valence-corrected chi connectivity index (χ1v) is 10.5. The predicted molar refractivity (Wildman–Crippen MR) is 123 cm³/mol. The van der Waals surface area contributed by atoms with E-state index in [1.54, 1.807) is 68.6 Å². The summed E-state index contributed by atoms with van der Waals surface area (Å²) < 4.78 is 20.6. The van der Waals surface area contributed by atoms with Crippen LogP contribution >= 0.6 is 0 Å². The first-order valence-electron chi connectivity index (χ1n) is 10.5. The van der Waals surface area contributed by atoms with Crippen molar-refractivity contribution >= 4 is 29.3 Å². The minimum absolute atomic E-state index is 0.0123. The summed E-state index contributed by atoms with van der Waals surface area (Å²) in [6, 6.07) is 15.7. The van der Waals surface area contributed by atoms with Gasteiger partial charge < -0.3 is 29.4 Å². The highest BCUT2D eigenvalue weighted by Gasteiger charge is 2.11. The number of aromatic nitrogens is 1. The lowest BCUT2D eigenvalue weighted by atomic mass is 10.2. The normalized spacial score (nSPS) is 10.3. The zero-order valence-corrected chi connectivity index (χ0v) is 18.8. The number of methoxy groups -OCH3 is 1. The number of nitrogens with zero attached hydrogens (tertiary/aromatic N) is 1. The highest BCUT2D eigenvalue weighted by molar-refractivity contribution is 5.92. The molecule has 0 aliphatic heterocycles. The van der Waals surface area contributed by atoms with E-state index in [9.17, 15) is 14.4 Å². The molecular weight excluding hydrogens is 442 g/mol. The Balaban J connectivity index is 1.32. The molecule has 0 saturated heterocycles. The quantitative estimate of drug-likeness (QED) is 0.404. The molecule has 2 amide bonds. The standard InChI is InChI=1S/C24H25N3O7/c1-16-14-21(27-34-16)26-23(29)15-32-24(30)5-3-4-22(28)25-17-6-8-19(9-7-17)33-20-12-10-18(31-2)11-13-20/h6-14H,3-5,15H2,1-2H3,(H,25,28)(H,26,27,29). The zero-order chi connectivity index (χ0) is 24.3. The molecule has 2 N–H and O–H groups in total. The van der Waals surface area contributed by atoms with Crippen molar-refractivity contribution in [2.24, 2.45) is 0 Å². The first-order chi connectivity index (χ1) is 16.4. The van der Waals surface area contributed by atoms with Crippen LogP contribution in [-0.4, -0.2) is 36.7 Å². The van der Waals surface area contributed by atoms with E-state index in [0.717, 1.165) is 5.75 Å². The number of rotatable bonds is 11. The smallest absolute Gasteiger partial charge is 0.306 e. The third-order valence-electron chi connectivity index (χ3n) is 4.48. The predicted octanol–water partition coefficient (Wildman–Crippen LogP) is 4.07. The summed E-state index contributed by atoms with van der Waals surface area (Å²) >= 11 is 0. The Hall–Kier alpha value is -4.34. The number of esters is 1. The minimum Gasteiger partial charge on any atom is -0.497 e. The number of benzene rings is 2. The third-order valence-corrected chi connectivity index (χ3v) is 4.48. The Morgan fingerprint density at radius 2 is 1.53 bits per heavy atom. The summed E-state index contributed by atoms with van der Waals surface area (Å²) in [4.78, 5) is 35.6. The Bertz CT molecular complexity index is 1110. The van der Waals surface area contributed by atoms with Crippen LogP contribution in [0.5, 0.6) is 17.2 Å². The van der Waals surface area contributed by atoms with Crippen molar-refractivity contribution in [1.29, 1.82) is 0 Å². The van der Waals surface area contributed by atoms with Crippen LogP contribution in [0.1, 0.15) is 25.0 Å². The van der Waals surface area contributed by atoms with Crippen molar-refractivity contribution in [2.45, 2.75) is 26.2 Å². The number of carbonyl (C=O) groups excluding carboxylic acids is 3. The summed E-state index contributed by atoms with van der Waals surface area (Å²) in [5.74, 6) is 1.47. The van der Waals surface area contributed by atoms with Crippen molar-refractivity contribution in [3.63, 3.8) is 0 Å². The van der Waals surface area contributed by atoms with Gasteiger partial charge in [-0.1, -0.05) is 5.16 Å². The Labute approximate surface area is 196 Å². The van der Waals surface area contributed by atoms with Crippen LogP contribution in [0.2, 0.25) is 0 Å². The van der Waals surface area contributed by atoms with Gasteiger partial charge in [0, 0.05) is 24.6 Å². The van der Waals surface area contributed by atoms with Crippen LogP contribution in [0, 0.1) is 6.92 Å². The summed E-state index contributed by atoms with van der Waals surface area (Å²) in [5, 5.41) is 8.81. The van der Waals surface area contributed by atoms with Crippen LogP contribution in [0.4, 0.5) is 11.5 Å². The molecule has 0 bridgehead atoms. The lowest BCUT2D eigenvalue weighted by Crippen LogP contribution is -2.21. The second kappa shape index (κ2) is 12.0. The third kappa shape index (κ3) is 7.97. The maximum Gasteiger partial charge on any atom is 0.306 e. The molecule has 0 atom stereocenters. The molecule has 0 fully saturated rings. The molecule has 1 aromatic heterocycles. The molecule has 10 nitrogen and oxygen atoms in total. The number of anilines is 2. The fraction of sp³-hybridized carbons (Fsp3) is 0.250. The van der Waals surface area contributed by atoms with Crippen LogP contribution < -0.4 is 20.1 Å². The van der Waals surface area contributed by atoms with E-state index >= 15 is 0 Å². The Morgan fingerprint density at radius 3 is 2.15 bits per heavy atom. The summed E-state index contributed by atoms with van der Waals surface area (Å²) in [7, 11) is 1.60. The number of amides is 2. The van der Waals surface area contributed by atoms with Gasteiger partial charge in [-0.25, -0.2) is 0 Å². The number of hydrogen-bond acceptors (Lipinski definition) is 8. The van der Waals surface area contributed by atoms with Gasteiger partial charge >= 0.3 is 5.97 Å². The molecule has 0 radical (unpaired) electrons. The van der Waals surface area contributed by atoms with E-state index in [-0.39, 0.29) is 31.0 Å². The fourth-order valence-electron chi connectivity index (χ4n) is 2.83. The fourth-order valence-corrected chi connectivity index (χ4v) is 2.83. The number of hydrogen-bond donors (Lipinski definition) is 2. The van der Waals surface area contributed by atoms with E-state index in [0.29, 0.717) is 22.9 Å². The highest BCUT2D eigenvalue weighted by atomic mass is 16.5. The van der Waals surface area contributed by atoms with Crippen LogP contribution in [0.3, 0.4) is 0 Å². The lowest BCUT2D eigenvalue weighted by Gasteiger charge is -2.09. The van der Waals surface area contributed by atoms with Gasteiger partial charge in [-0.2, -0.15) is 0 Å². The molecule has 2 aromatic carbocycles. The maximum absolute atomic E-state index is 12.1. The molecule has 0 spiro atoms. The van der Waals surface area contributed by atoms with Gasteiger partial charge in [0.25, 0.3) is 5.91 Å². The number of carbonyl (C=O) groups is 3. The van der Waals surface area contributed by atoms with Crippen molar-refractivity contribution in [3.8, 4) is 17.2 Å². The molecule has 3 rings (SSSR count). The summed E-state index contributed by atoms with van der Waals surface area (Å²) in [5.41, 5.74) is 0.606. The molecule has 1 heterocycles. The van der Waals surface area contributed by atoms with Crippen molar-refractivity contribution < 1.29 is 33.1 Å². The molecule has 3 aromatic rings. The van der Waals surface area contributed by atoms with Crippen LogP contribution in [0.15, 0.2) is 59.1 Å². The van der Waals surface area contributed by atoms with E-state index in [4.69, 9.17) is 18.7 Å². The highest BCUT2D eigenvalue weighted by Crippen LogP contribution is 2.25. The minimum atomic E-state index is -0.570. The molecular formula is C24H25N3O7. The first kappa shape index (κ1) is 24.3. The molecule has 178 valence electrons. The Kier molecular flexibility index (Phi) is 8.61. The second-order valence-corrected chi connectivity index (χ2v) is 7.24. The molecule has 0 aliphatic carbocycles. The van der Waals surface area contributed by atoms with E-state index in [2.05, 4.69) is 15.8 Å². The lowest BCUT2D eigenvalue weighted by molar-refractivity contribution is -0.147. The average Bonchev–Trinajstić information content (AvgIpc) is 3.24. The van der Waals surface area contributed by atoms with Gasteiger partial charge in [0.05, 0.1) is 7.11 Å². The average molecular weight is 467 g/mol. The topological polar surface area (TPSA) is 129 Å². The van der Waals surface area contributed by atoms with Crippen LogP contribution in [-0.2, 0) is 19.1 Å². The van der Waals surface area contributed by atoms with Gasteiger partial charge in [-0.05, 0) is 61.9 Å². The van der Waals surface area contributed by atoms with E-state index < -0.39 is 18.5 Å². The van der Waals surface area contributed by atoms with Gasteiger partial charge in [0.15, 0.2) is 12.4 Å². The number of ether oxygens (including phenoxy) is 3. The monoisotopic (exact) mass is 467 g/mol. The van der Waals surface area contributed by atoms with Crippen LogP contribution in [0.25, 0.3) is 0 Å².